The monoisotopic (exact) mass is 315 g/mol. The highest BCUT2D eigenvalue weighted by molar-refractivity contribution is 6.31. The predicted molar refractivity (Wildman–Crippen MR) is 85.7 cm³/mol. The van der Waals surface area contributed by atoms with Gasteiger partial charge in [-0.3, -0.25) is 9.20 Å². The molecule has 0 spiro atoms. The Morgan fingerprint density at radius 1 is 1.32 bits per heavy atom. The van der Waals surface area contributed by atoms with Crippen LogP contribution in [0.25, 0.3) is 5.65 Å². The van der Waals surface area contributed by atoms with Crippen molar-refractivity contribution in [1.29, 1.82) is 0 Å². The van der Waals surface area contributed by atoms with Crippen molar-refractivity contribution in [2.75, 3.05) is 5.32 Å². The van der Waals surface area contributed by atoms with Crippen LogP contribution in [0.5, 0.6) is 5.75 Å². The molecule has 5 nitrogen and oxygen atoms in total. The number of imidazole rings is 1. The number of carbonyl (C=O) groups excluding carboxylic acids is 1. The average Bonchev–Trinajstić information content (AvgIpc) is 2.80. The first-order chi connectivity index (χ1) is 10.5. The Labute approximate surface area is 132 Å². The normalized spacial score (nSPS) is 10.9. The summed E-state index contributed by atoms with van der Waals surface area (Å²) in [6, 6.07) is 8.28. The number of aryl methyl sites for hydroxylation is 2. The number of halogens is 1. The number of fused-ring (bicyclic) bond motifs is 1. The minimum Gasteiger partial charge on any atom is -0.506 e. The number of rotatable bonds is 2. The van der Waals surface area contributed by atoms with Crippen molar-refractivity contribution in [3.05, 3.63) is 58.5 Å². The summed E-state index contributed by atoms with van der Waals surface area (Å²) in [4.78, 5) is 17.0. The molecular weight excluding hydrogens is 302 g/mol. The van der Waals surface area contributed by atoms with Gasteiger partial charge in [-0.1, -0.05) is 17.7 Å². The molecule has 0 radical (unpaired) electrons. The highest BCUT2D eigenvalue weighted by atomic mass is 35.5. The number of aromatic hydroxyl groups is 1. The Hall–Kier alpha value is -2.53. The summed E-state index contributed by atoms with van der Waals surface area (Å²) >= 11 is 5.89. The number of phenolic OH excluding ortho intramolecular Hbond substituents is 1. The van der Waals surface area contributed by atoms with Crippen LogP contribution in [-0.4, -0.2) is 20.4 Å². The van der Waals surface area contributed by atoms with E-state index in [9.17, 15) is 9.90 Å². The number of nitrogens with zero attached hydrogens (tertiary/aromatic N) is 2. The summed E-state index contributed by atoms with van der Waals surface area (Å²) in [5, 5.41) is 12.9. The molecule has 2 N–H and O–H groups in total. The van der Waals surface area contributed by atoms with Crippen molar-refractivity contribution in [3.63, 3.8) is 0 Å². The van der Waals surface area contributed by atoms with Crippen LogP contribution in [0.15, 0.2) is 36.5 Å². The first kappa shape index (κ1) is 14.4. The number of amides is 1. The number of anilines is 1. The first-order valence-electron chi connectivity index (χ1n) is 6.71. The molecule has 0 aliphatic heterocycles. The van der Waals surface area contributed by atoms with E-state index in [1.165, 1.54) is 12.1 Å². The van der Waals surface area contributed by atoms with Crippen LogP contribution in [0, 0.1) is 13.8 Å². The van der Waals surface area contributed by atoms with Gasteiger partial charge in [0.05, 0.1) is 11.4 Å². The van der Waals surface area contributed by atoms with E-state index in [-0.39, 0.29) is 17.3 Å². The predicted octanol–water partition coefficient (Wildman–Crippen LogP) is 3.56. The largest absolute Gasteiger partial charge is 0.506 e. The molecule has 2 aromatic heterocycles. The molecule has 0 aliphatic rings. The molecule has 0 saturated carbocycles. The quantitative estimate of drug-likeness (QED) is 0.711. The zero-order valence-electron chi connectivity index (χ0n) is 12.1. The maximum atomic E-state index is 12.6. The minimum absolute atomic E-state index is 0.0413. The summed E-state index contributed by atoms with van der Waals surface area (Å²) in [6.45, 7) is 3.71. The van der Waals surface area contributed by atoms with Gasteiger partial charge in [0.1, 0.15) is 17.1 Å². The molecule has 0 atom stereocenters. The average molecular weight is 316 g/mol. The second-order valence-corrected chi connectivity index (χ2v) is 5.48. The SMILES string of the molecule is Cc1nc2c(C)cccn2c1C(=O)Nc1cc(Cl)ccc1O. The fraction of sp³-hybridized carbons (Fsp3) is 0.125. The van der Waals surface area contributed by atoms with E-state index in [1.807, 2.05) is 19.1 Å². The number of phenols is 1. The standard InChI is InChI=1S/C16H14ClN3O2/c1-9-4-3-7-20-14(10(2)18-15(9)20)16(22)19-12-8-11(17)5-6-13(12)21/h3-8,21H,1-2H3,(H,19,22). The third-order valence-corrected chi connectivity index (χ3v) is 3.68. The summed E-state index contributed by atoms with van der Waals surface area (Å²) in [5.41, 5.74) is 3.03. The zero-order chi connectivity index (χ0) is 15.9. The number of hydrogen-bond donors (Lipinski definition) is 2. The van der Waals surface area contributed by atoms with Crippen molar-refractivity contribution in [2.45, 2.75) is 13.8 Å². The lowest BCUT2D eigenvalue weighted by Crippen LogP contribution is -2.15. The summed E-state index contributed by atoms with van der Waals surface area (Å²) < 4.78 is 1.74. The van der Waals surface area contributed by atoms with Crippen LogP contribution in [0.3, 0.4) is 0 Å². The lowest BCUT2D eigenvalue weighted by molar-refractivity contribution is 0.102. The Balaban J connectivity index is 2.04. The van der Waals surface area contributed by atoms with Crippen molar-refractivity contribution in [1.82, 2.24) is 9.38 Å². The van der Waals surface area contributed by atoms with Crippen molar-refractivity contribution in [3.8, 4) is 5.75 Å². The minimum atomic E-state index is -0.354. The van der Waals surface area contributed by atoms with Crippen LogP contribution >= 0.6 is 11.6 Å². The van der Waals surface area contributed by atoms with E-state index in [0.717, 1.165) is 11.2 Å². The molecule has 0 saturated heterocycles. The Morgan fingerprint density at radius 2 is 2.09 bits per heavy atom. The lowest BCUT2D eigenvalue weighted by atomic mass is 10.2. The van der Waals surface area contributed by atoms with Crippen molar-refractivity contribution >= 4 is 28.8 Å². The summed E-state index contributed by atoms with van der Waals surface area (Å²) in [7, 11) is 0. The first-order valence-corrected chi connectivity index (χ1v) is 7.09. The second-order valence-electron chi connectivity index (χ2n) is 5.05. The third kappa shape index (κ3) is 2.40. The van der Waals surface area contributed by atoms with Gasteiger partial charge in [-0.2, -0.15) is 0 Å². The summed E-state index contributed by atoms with van der Waals surface area (Å²) in [5.74, 6) is -0.395. The third-order valence-electron chi connectivity index (χ3n) is 3.44. The molecule has 1 amide bonds. The molecule has 112 valence electrons. The van der Waals surface area contributed by atoms with Gasteiger partial charge in [0.15, 0.2) is 0 Å². The Morgan fingerprint density at radius 3 is 2.86 bits per heavy atom. The van der Waals surface area contributed by atoms with Gasteiger partial charge in [0, 0.05) is 11.2 Å². The van der Waals surface area contributed by atoms with Crippen LogP contribution in [0.4, 0.5) is 5.69 Å². The number of benzene rings is 1. The molecular formula is C16H14ClN3O2. The number of pyridine rings is 1. The van der Waals surface area contributed by atoms with E-state index < -0.39 is 0 Å². The zero-order valence-corrected chi connectivity index (χ0v) is 12.8. The maximum absolute atomic E-state index is 12.6. The maximum Gasteiger partial charge on any atom is 0.274 e. The van der Waals surface area contributed by atoms with Crippen molar-refractivity contribution in [2.24, 2.45) is 0 Å². The van der Waals surface area contributed by atoms with E-state index in [4.69, 9.17) is 11.6 Å². The molecule has 0 fully saturated rings. The molecule has 22 heavy (non-hydrogen) atoms. The molecule has 3 aromatic rings. The Bertz CT molecular complexity index is 886. The number of aromatic nitrogens is 2. The molecule has 6 heteroatoms. The fourth-order valence-electron chi connectivity index (χ4n) is 2.38. The molecule has 1 aromatic carbocycles. The van der Waals surface area contributed by atoms with Gasteiger partial charge < -0.3 is 10.4 Å². The molecule has 3 rings (SSSR count). The number of carbonyl (C=O) groups is 1. The van der Waals surface area contributed by atoms with E-state index in [0.29, 0.717) is 16.4 Å². The van der Waals surface area contributed by atoms with Crippen LogP contribution in [-0.2, 0) is 0 Å². The van der Waals surface area contributed by atoms with Crippen LogP contribution in [0.1, 0.15) is 21.7 Å². The molecule has 0 aliphatic carbocycles. The molecule has 0 bridgehead atoms. The van der Waals surface area contributed by atoms with E-state index >= 15 is 0 Å². The number of hydrogen-bond acceptors (Lipinski definition) is 3. The Kier molecular flexibility index (Phi) is 3.50. The highest BCUT2D eigenvalue weighted by Gasteiger charge is 2.18. The van der Waals surface area contributed by atoms with E-state index in [1.54, 1.807) is 23.6 Å². The van der Waals surface area contributed by atoms with Crippen LogP contribution in [0.2, 0.25) is 5.02 Å². The smallest absolute Gasteiger partial charge is 0.274 e. The second kappa shape index (κ2) is 5.35. The fourth-order valence-corrected chi connectivity index (χ4v) is 2.55. The van der Waals surface area contributed by atoms with Gasteiger partial charge in [0.2, 0.25) is 0 Å². The molecule has 0 unspecified atom stereocenters. The van der Waals surface area contributed by atoms with Gasteiger partial charge in [-0.05, 0) is 43.7 Å². The van der Waals surface area contributed by atoms with Crippen LogP contribution < -0.4 is 5.32 Å². The van der Waals surface area contributed by atoms with Gasteiger partial charge in [0.25, 0.3) is 5.91 Å². The van der Waals surface area contributed by atoms with Gasteiger partial charge in [-0.25, -0.2) is 4.98 Å². The lowest BCUT2D eigenvalue weighted by Gasteiger charge is -2.08. The number of nitrogens with one attached hydrogen (secondary N) is 1. The highest BCUT2D eigenvalue weighted by Crippen LogP contribution is 2.27. The van der Waals surface area contributed by atoms with E-state index in [2.05, 4.69) is 10.3 Å². The molecule has 2 heterocycles. The topological polar surface area (TPSA) is 66.6 Å². The van der Waals surface area contributed by atoms with Gasteiger partial charge in [-0.15, -0.1) is 0 Å². The van der Waals surface area contributed by atoms with Gasteiger partial charge >= 0.3 is 0 Å². The summed E-state index contributed by atoms with van der Waals surface area (Å²) in [6.07, 6.45) is 1.79. The van der Waals surface area contributed by atoms with Crippen molar-refractivity contribution < 1.29 is 9.90 Å².